The van der Waals surface area contributed by atoms with Gasteiger partial charge in [0.1, 0.15) is 0 Å². The molecule has 0 spiro atoms. The minimum absolute atomic E-state index is 0.00974. The smallest absolute Gasteiger partial charge is 0.259 e. The van der Waals surface area contributed by atoms with Gasteiger partial charge < -0.3 is 14.7 Å². The number of ketones is 2. The molecular formula is C18H15NO5. The molecule has 0 fully saturated rings. The van der Waals surface area contributed by atoms with Crippen molar-refractivity contribution in [3.8, 4) is 11.5 Å². The van der Waals surface area contributed by atoms with Crippen molar-refractivity contribution in [2.24, 2.45) is 0 Å². The third-order valence-electron chi connectivity index (χ3n) is 3.88. The summed E-state index contributed by atoms with van der Waals surface area (Å²) < 4.78 is 5.29. The lowest BCUT2D eigenvalue weighted by molar-refractivity contribution is -0.130. The van der Waals surface area contributed by atoms with Crippen molar-refractivity contribution in [3.63, 3.8) is 0 Å². The third-order valence-corrected chi connectivity index (χ3v) is 3.88. The first-order valence-electron chi connectivity index (χ1n) is 7.29. The van der Waals surface area contributed by atoms with Gasteiger partial charge in [-0.1, -0.05) is 24.3 Å². The third kappa shape index (κ3) is 2.42. The standard InChI is InChI=1S/C18H15NO5/c1-19(2)14(20)9-24-13-8-7-12-15(18(13)23)17(22)11-6-4-3-5-10(11)16(12)21/h3-8,23H,9H2,1-2H3. The number of phenolic OH excluding ortho intramolecular Hbond substituents is 1. The zero-order valence-electron chi connectivity index (χ0n) is 13.2. The summed E-state index contributed by atoms with van der Waals surface area (Å²) in [6.45, 7) is -0.280. The molecule has 24 heavy (non-hydrogen) atoms. The molecule has 0 saturated carbocycles. The van der Waals surface area contributed by atoms with E-state index in [9.17, 15) is 19.5 Å². The van der Waals surface area contributed by atoms with E-state index in [0.717, 1.165) is 0 Å². The van der Waals surface area contributed by atoms with Crippen LogP contribution in [0.15, 0.2) is 36.4 Å². The van der Waals surface area contributed by atoms with Crippen molar-refractivity contribution in [1.29, 1.82) is 0 Å². The molecular weight excluding hydrogens is 310 g/mol. The maximum atomic E-state index is 12.6. The van der Waals surface area contributed by atoms with Crippen molar-refractivity contribution in [1.82, 2.24) is 4.90 Å². The maximum absolute atomic E-state index is 12.6. The molecule has 1 aliphatic rings. The first-order chi connectivity index (χ1) is 11.4. The van der Waals surface area contributed by atoms with Gasteiger partial charge in [-0.05, 0) is 12.1 Å². The summed E-state index contributed by atoms with van der Waals surface area (Å²) in [5, 5.41) is 10.4. The van der Waals surface area contributed by atoms with Gasteiger partial charge in [0.25, 0.3) is 5.91 Å². The number of amides is 1. The highest BCUT2D eigenvalue weighted by Gasteiger charge is 2.33. The summed E-state index contributed by atoms with van der Waals surface area (Å²) in [7, 11) is 3.16. The van der Waals surface area contributed by atoms with Crippen LogP contribution in [0, 0.1) is 0 Å². The number of ether oxygens (including phenoxy) is 1. The Balaban J connectivity index is 2.01. The number of nitrogens with zero attached hydrogens (tertiary/aromatic N) is 1. The molecule has 6 heteroatoms. The second kappa shape index (κ2) is 5.81. The molecule has 1 N–H and O–H groups in total. The molecule has 0 atom stereocenters. The van der Waals surface area contributed by atoms with Gasteiger partial charge in [-0.15, -0.1) is 0 Å². The molecule has 1 aliphatic carbocycles. The molecule has 0 aliphatic heterocycles. The molecule has 0 heterocycles. The summed E-state index contributed by atoms with van der Waals surface area (Å²) in [5.74, 6) is -1.50. The molecule has 2 aromatic rings. The van der Waals surface area contributed by atoms with Crippen molar-refractivity contribution in [3.05, 3.63) is 58.7 Å². The minimum atomic E-state index is -0.443. The summed E-state index contributed by atoms with van der Waals surface area (Å²) >= 11 is 0. The van der Waals surface area contributed by atoms with Crippen molar-refractivity contribution in [2.45, 2.75) is 0 Å². The first-order valence-corrected chi connectivity index (χ1v) is 7.29. The molecule has 1 amide bonds. The number of rotatable bonds is 3. The summed E-state index contributed by atoms with van der Waals surface area (Å²) in [4.78, 5) is 38.1. The van der Waals surface area contributed by atoms with E-state index in [1.165, 1.54) is 17.0 Å². The highest BCUT2D eigenvalue weighted by molar-refractivity contribution is 6.29. The lowest BCUT2D eigenvalue weighted by Crippen LogP contribution is -2.27. The number of phenols is 1. The van der Waals surface area contributed by atoms with E-state index < -0.39 is 11.5 Å². The Kier molecular flexibility index (Phi) is 3.81. The average Bonchev–Trinajstić information content (AvgIpc) is 2.58. The first kappa shape index (κ1) is 15.7. The van der Waals surface area contributed by atoms with Crippen LogP contribution >= 0.6 is 0 Å². The molecule has 0 unspecified atom stereocenters. The van der Waals surface area contributed by atoms with Gasteiger partial charge in [0.2, 0.25) is 0 Å². The zero-order chi connectivity index (χ0) is 17.4. The SMILES string of the molecule is CN(C)C(=O)COc1ccc2c(c1O)C(=O)c1ccccc1C2=O. The fourth-order valence-corrected chi connectivity index (χ4v) is 2.54. The fraction of sp³-hybridized carbons (Fsp3) is 0.167. The van der Waals surface area contributed by atoms with Crippen molar-refractivity contribution < 1.29 is 24.2 Å². The highest BCUT2D eigenvalue weighted by atomic mass is 16.5. The van der Waals surface area contributed by atoms with Crippen LogP contribution in [0.5, 0.6) is 11.5 Å². The van der Waals surface area contributed by atoms with Crippen LogP contribution in [0.4, 0.5) is 0 Å². The predicted molar refractivity (Wildman–Crippen MR) is 85.6 cm³/mol. The quantitative estimate of drug-likeness (QED) is 0.791. The van der Waals surface area contributed by atoms with Gasteiger partial charge >= 0.3 is 0 Å². The largest absolute Gasteiger partial charge is 0.504 e. The number of fused-ring (bicyclic) bond motifs is 2. The Morgan fingerprint density at radius 2 is 1.62 bits per heavy atom. The van der Waals surface area contributed by atoms with E-state index in [1.54, 1.807) is 38.4 Å². The van der Waals surface area contributed by atoms with Gasteiger partial charge in [0.15, 0.2) is 29.7 Å². The number of carbonyl (C=O) groups excluding carboxylic acids is 3. The molecule has 0 radical (unpaired) electrons. The monoisotopic (exact) mass is 325 g/mol. The number of carbonyl (C=O) groups is 3. The van der Waals surface area contributed by atoms with E-state index in [2.05, 4.69) is 0 Å². The van der Waals surface area contributed by atoms with Crippen LogP contribution in [0.1, 0.15) is 31.8 Å². The Morgan fingerprint density at radius 1 is 1.00 bits per heavy atom. The van der Waals surface area contributed by atoms with E-state index >= 15 is 0 Å². The van der Waals surface area contributed by atoms with Gasteiger partial charge in [-0.25, -0.2) is 0 Å². The number of likely N-dealkylation sites (N-methyl/N-ethyl adjacent to an activating group) is 1. The van der Waals surface area contributed by atoms with E-state index in [0.29, 0.717) is 5.56 Å². The molecule has 0 aromatic heterocycles. The zero-order valence-corrected chi connectivity index (χ0v) is 13.2. The molecule has 0 saturated heterocycles. The Labute approximate surface area is 138 Å². The van der Waals surface area contributed by atoms with Gasteiger partial charge in [0, 0.05) is 30.8 Å². The molecule has 0 bridgehead atoms. The van der Waals surface area contributed by atoms with Gasteiger partial charge in [-0.2, -0.15) is 0 Å². The van der Waals surface area contributed by atoms with Gasteiger partial charge in [0.05, 0.1) is 5.56 Å². The normalized spacial score (nSPS) is 12.4. The lowest BCUT2D eigenvalue weighted by atomic mass is 9.83. The highest BCUT2D eigenvalue weighted by Crippen LogP contribution is 2.38. The van der Waals surface area contributed by atoms with Crippen LogP contribution < -0.4 is 4.74 Å². The summed E-state index contributed by atoms with van der Waals surface area (Å²) in [6.07, 6.45) is 0. The van der Waals surface area contributed by atoms with Gasteiger partial charge in [-0.3, -0.25) is 14.4 Å². The topological polar surface area (TPSA) is 83.9 Å². The van der Waals surface area contributed by atoms with Crippen LogP contribution in [0.25, 0.3) is 0 Å². The Bertz CT molecular complexity index is 870. The fourth-order valence-electron chi connectivity index (χ4n) is 2.54. The predicted octanol–water partition coefficient (Wildman–Crippen LogP) is 1.63. The Hall–Kier alpha value is -3.15. The van der Waals surface area contributed by atoms with E-state index in [4.69, 9.17) is 4.74 Å². The second-order valence-electron chi connectivity index (χ2n) is 5.62. The number of aromatic hydroxyl groups is 1. The van der Waals surface area contributed by atoms with Crippen LogP contribution in [0.3, 0.4) is 0 Å². The number of hydrogen-bond donors (Lipinski definition) is 1. The van der Waals surface area contributed by atoms with Crippen LogP contribution in [0.2, 0.25) is 0 Å². The number of hydrogen-bond acceptors (Lipinski definition) is 5. The minimum Gasteiger partial charge on any atom is -0.504 e. The maximum Gasteiger partial charge on any atom is 0.259 e. The van der Waals surface area contributed by atoms with Crippen molar-refractivity contribution in [2.75, 3.05) is 20.7 Å². The van der Waals surface area contributed by atoms with Crippen LogP contribution in [-0.4, -0.2) is 48.2 Å². The second-order valence-corrected chi connectivity index (χ2v) is 5.62. The Morgan fingerprint density at radius 3 is 2.25 bits per heavy atom. The van der Waals surface area contributed by atoms with E-state index in [1.807, 2.05) is 0 Å². The number of benzene rings is 2. The van der Waals surface area contributed by atoms with Crippen molar-refractivity contribution >= 4 is 17.5 Å². The lowest BCUT2D eigenvalue weighted by Gasteiger charge is -2.20. The summed E-state index contributed by atoms with van der Waals surface area (Å²) in [5.41, 5.74) is 0.591. The molecule has 122 valence electrons. The van der Waals surface area contributed by atoms with E-state index in [-0.39, 0.29) is 40.7 Å². The molecule has 3 rings (SSSR count). The van der Waals surface area contributed by atoms with Crippen LogP contribution in [-0.2, 0) is 4.79 Å². The molecule has 6 nitrogen and oxygen atoms in total. The average molecular weight is 325 g/mol. The molecule has 2 aromatic carbocycles. The summed E-state index contributed by atoms with van der Waals surface area (Å²) in [6, 6.07) is 9.27.